The van der Waals surface area contributed by atoms with Gasteiger partial charge in [0.2, 0.25) is 11.8 Å². The molecular formula is C38H41N3O7S. The van der Waals surface area contributed by atoms with Gasteiger partial charge in [-0.1, -0.05) is 55.0 Å². The molecule has 4 aromatic carbocycles. The molecule has 256 valence electrons. The molecule has 4 aromatic rings. The van der Waals surface area contributed by atoms with Crippen molar-refractivity contribution < 1.29 is 34.1 Å². The quantitative estimate of drug-likeness (QED) is 0.0491. The molecule has 1 heterocycles. The molecule has 0 bridgehead atoms. The number of nitrogens with two attached hydrogens (primary N) is 1. The SMILES string of the molecule is Nc1ccccc1NC(=O)CCCCCC(=O)Nc1cccc([C@@H]2O[C@H](CSc3ccc(C(=O)O)cc3)C[C@H](c3ccc(CO)cc3)O2)c1. The molecule has 0 spiro atoms. The van der Waals surface area contributed by atoms with E-state index in [0.29, 0.717) is 54.9 Å². The summed E-state index contributed by atoms with van der Waals surface area (Å²) in [5, 5.41) is 24.5. The fourth-order valence-electron chi connectivity index (χ4n) is 5.46. The number of para-hydroxylation sites is 2. The minimum absolute atomic E-state index is 0.0438. The minimum atomic E-state index is -0.965. The largest absolute Gasteiger partial charge is 0.478 e. The average molecular weight is 684 g/mol. The number of aliphatic hydroxyl groups is 1. The summed E-state index contributed by atoms with van der Waals surface area (Å²) in [6, 6.07) is 29.0. The third-order valence-corrected chi connectivity index (χ3v) is 9.28. The lowest BCUT2D eigenvalue weighted by Gasteiger charge is -2.36. The van der Waals surface area contributed by atoms with Gasteiger partial charge in [0.25, 0.3) is 0 Å². The number of anilines is 3. The molecule has 0 saturated carbocycles. The first-order valence-electron chi connectivity index (χ1n) is 16.3. The highest BCUT2D eigenvalue weighted by atomic mass is 32.2. The van der Waals surface area contributed by atoms with E-state index >= 15 is 0 Å². The van der Waals surface area contributed by atoms with E-state index in [0.717, 1.165) is 28.0 Å². The van der Waals surface area contributed by atoms with Crippen molar-refractivity contribution in [2.45, 2.75) is 68.5 Å². The van der Waals surface area contributed by atoms with Gasteiger partial charge in [0, 0.05) is 41.2 Å². The van der Waals surface area contributed by atoms with Crippen molar-refractivity contribution in [2.24, 2.45) is 0 Å². The maximum absolute atomic E-state index is 12.8. The monoisotopic (exact) mass is 683 g/mol. The lowest BCUT2D eigenvalue weighted by Crippen LogP contribution is -2.31. The molecule has 1 aliphatic rings. The van der Waals surface area contributed by atoms with E-state index in [-0.39, 0.29) is 36.2 Å². The molecule has 1 fully saturated rings. The van der Waals surface area contributed by atoms with E-state index < -0.39 is 12.3 Å². The Hall–Kier alpha value is -4.68. The fraction of sp³-hybridized carbons (Fsp3) is 0.289. The van der Waals surface area contributed by atoms with Crippen LogP contribution >= 0.6 is 11.8 Å². The van der Waals surface area contributed by atoms with E-state index in [4.69, 9.17) is 15.2 Å². The molecule has 0 unspecified atom stereocenters. The maximum atomic E-state index is 12.8. The number of carbonyl (C=O) groups excluding carboxylic acids is 2. The Labute approximate surface area is 290 Å². The highest BCUT2D eigenvalue weighted by molar-refractivity contribution is 7.99. The number of thioether (sulfide) groups is 1. The minimum Gasteiger partial charge on any atom is -0.478 e. The number of nitrogens with one attached hydrogen (secondary N) is 2. The Bertz CT molecular complexity index is 1720. The predicted molar refractivity (Wildman–Crippen MR) is 190 cm³/mol. The summed E-state index contributed by atoms with van der Waals surface area (Å²) >= 11 is 1.58. The molecule has 0 radical (unpaired) electrons. The molecule has 1 saturated heterocycles. The summed E-state index contributed by atoms with van der Waals surface area (Å²) in [5.41, 5.74) is 10.4. The maximum Gasteiger partial charge on any atom is 0.335 e. The van der Waals surface area contributed by atoms with Gasteiger partial charge in [-0.05, 0) is 72.5 Å². The lowest BCUT2D eigenvalue weighted by atomic mass is 10.0. The number of hydrogen-bond acceptors (Lipinski definition) is 8. The van der Waals surface area contributed by atoms with Gasteiger partial charge in [-0.15, -0.1) is 11.8 Å². The van der Waals surface area contributed by atoms with Crippen LogP contribution in [0.4, 0.5) is 17.1 Å². The normalized spacial score (nSPS) is 17.3. The molecule has 49 heavy (non-hydrogen) atoms. The molecule has 11 heteroatoms. The second-order valence-electron chi connectivity index (χ2n) is 11.9. The van der Waals surface area contributed by atoms with Gasteiger partial charge in [0.05, 0.1) is 35.8 Å². The van der Waals surface area contributed by atoms with Crippen LogP contribution < -0.4 is 16.4 Å². The van der Waals surface area contributed by atoms with Crippen molar-refractivity contribution >= 4 is 46.6 Å². The number of amides is 2. The summed E-state index contributed by atoms with van der Waals surface area (Å²) in [7, 11) is 0. The summed E-state index contributed by atoms with van der Waals surface area (Å²) in [5.74, 6) is -0.566. The Kier molecular flexibility index (Phi) is 12.8. The van der Waals surface area contributed by atoms with Crippen LogP contribution in [0.1, 0.15) is 78.0 Å². The van der Waals surface area contributed by atoms with Crippen molar-refractivity contribution in [1.82, 2.24) is 0 Å². The molecule has 0 aromatic heterocycles. The van der Waals surface area contributed by atoms with Crippen LogP contribution in [-0.4, -0.2) is 39.9 Å². The van der Waals surface area contributed by atoms with Crippen LogP contribution in [0.5, 0.6) is 0 Å². The number of ether oxygens (including phenoxy) is 2. The second-order valence-corrected chi connectivity index (χ2v) is 13.0. The van der Waals surface area contributed by atoms with E-state index in [1.807, 2.05) is 60.7 Å². The second kappa shape index (κ2) is 17.6. The fourth-order valence-corrected chi connectivity index (χ4v) is 6.39. The van der Waals surface area contributed by atoms with Crippen LogP contribution in [0.2, 0.25) is 0 Å². The van der Waals surface area contributed by atoms with Gasteiger partial charge in [-0.3, -0.25) is 9.59 Å². The first-order chi connectivity index (χ1) is 23.8. The molecule has 0 aliphatic carbocycles. The molecule has 1 aliphatic heterocycles. The highest BCUT2D eigenvalue weighted by Crippen LogP contribution is 2.40. The van der Waals surface area contributed by atoms with Gasteiger partial charge in [-0.2, -0.15) is 0 Å². The first-order valence-corrected chi connectivity index (χ1v) is 17.3. The molecule has 3 atom stereocenters. The zero-order valence-electron chi connectivity index (χ0n) is 27.0. The Morgan fingerprint density at radius 3 is 2.20 bits per heavy atom. The van der Waals surface area contributed by atoms with Gasteiger partial charge in [0.1, 0.15) is 0 Å². The van der Waals surface area contributed by atoms with Crippen molar-refractivity contribution in [3.63, 3.8) is 0 Å². The molecular weight excluding hydrogens is 642 g/mol. The van der Waals surface area contributed by atoms with Crippen LogP contribution in [0.15, 0.2) is 102 Å². The van der Waals surface area contributed by atoms with Crippen molar-refractivity contribution in [3.05, 3.63) is 119 Å². The summed E-state index contributed by atoms with van der Waals surface area (Å²) in [6.07, 6.45) is 2.19. The number of nitrogen functional groups attached to an aromatic ring is 1. The van der Waals surface area contributed by atoms with Gasteiger partial charge in [0.15, 0.2) is 6.29 Å². The van der Waals surface area contributed by atoms with Crippen molar-refractivity contribution in [3.8, 4) is 0 Å². The van der Waals surface area contributed by atoms with Gasteiger partial charge >= 0.3 is 5.97 Å². The zero-order valence-corrected chi connectivity index (χ0v) is 27.9. The average Bonchev–Trinajstić information content (AvgIpc) is 3.11. The number of rotatable bonds is 15. The number of benzene rings is 4. The lowest BCUT2D eigenvalue weighted by molar-refractivity contribution is -0.245. The summed E-state index contributed by atoms with van der Waals surface area (Å²) in [4.78, 5) is 37.2. The smallest absolute Gasteiger partial charge is 0.335 e. The van der Waals surface area contributed by atoms with Crippen molar-refractivity contribution in [2.75, 3.05) is 22.1 Å². The summed E-state index contributed by atoms with van der Waals surface area (Å²) in [6.45, 7) is -0.0438. The molecule has 2 amide bonds. The topological polar surface area (TPSA) is 160 Å². The molecule has 6 N–H and O–H groups in total. The van der Waals surface area contributed by atoms with Crippen molar-refractivity contribution in [1.29, 1.82) is 0 Å². The van der Waals surface area contributed by atoms with E-state index in [1.54, 1.807) is 48.2 Å². The number of carboxylic acids is 1. The number of carboxylic acid groups (broad SMARTS) is 1. The van der Waals surface area contributed by atoms with Gasteiger partial charge < -0.3 is 36.1 Å². The Morgan fingerprint density at radius 1 is 0.796 bits per heavy atom. The predicted octanol–water partition coefficient (Wildman–Crippen LogP) is 7.32. The number of hydrogen-bond donors (Lipinski definition) is 5. The third-order valence-electron chi connectivity index (χ3n) is 8.14. The van der Waals surface area contributed by atoms with Crippen LogP contribution in [-0.2, 0) is 25.7 Å². The number of aliphatic hydroxyl groups excluding tert-OH is 1. The number of unbranched alkanes of at least 4 members (excludes halogenated alkanes) is 2. The van der Waals surface area contributed by atoms with Crippen LogP contribution in [0.3, 0.4) is 0 Å². The van der Waals surface area contributed by atoms with Gasteiger partial charge in [-0.25, -0.2) is 4.79 Å². The third kappa shape index (κ3) is 10.7. The Balaban J connectivity index is 1.15. The highest BCUT2D eigenvalue weighted by Gasteiger charge is 2.32. The standard InChI is InChI=1S/C38H41N3O7S/c39-32-9-4-5-10-33(32)41-36(44)12-3-1-2-11-35(43)40-29-8-6-7-28(21-29)38-47-30(24-49-31-19-17-27(18-20-31)37(45)46)22-34(48-38)26-15-13-25(23-42)14-16-26/h4-10,13-21,30,34,38,42H,1-3,11-12,22-24,39H2,(H,40,43)(H,41,44)(H,45,46)/t30-,34+,38+/m0/s1. The molecule has 10 nitrogen and oxygen atoms in total. The Morgan fingerprint density at radius 2 is 1.51 bits per heavy atom. The first kappa shape index (κ1) is 35.6. The summed E-state index contributed by atoms with van der Waals surface area (Å²) < 4.78 is 12.9. The molecule has 5 rings (SSSR count). The van der Waals surface area contributed by atoms with E-state index in [9.17, 15) is 24.6 Å². The van der Waals surface area contributed by atoms with E-state index in [1.165, 1.54) is 0 Å². The van der Waals surface area contributed by atoms with E-state index in [2.05, 4.69) is 10.6 Å². The van der Waals surface area contributed by atoms with Crippen LogP contribution in [0, 0.1) is 0 Å². The zero-order chi connectivity index (χ0) is 34.6. The van der Waals surface area contributed by atoms with Crippen LogP contribution in [0.25, 0.3) is 0 Å². The number of carbonyl (C=O) groups is 3. The number of aromatic carboxylic acids is 1.